The van der Waals surface area contributed by atoms with E-state index in [4.69, 9.17) is 0 Å². The van der Waals surface area contributed by atoms with Crippen molar-refractivity contribution in [1.29, 1.82) is 0 Å². The predicted octanol–water partition coefficient (Wildman–Crippen LogP) is 2.85. The Labute approximate surface area is 117 Å². The smallest absolute Gasteiger partial charge is 0.237 e. The molecule has 2 N–H and O–H groups in total. The van der Waals surface area contributed by atoms with E-state index < -0.39 is 0 Å². The van der Waals surface area contributed by atoms with Crippen LogP contribution in [-0.4, -0.2) is 24.5 Å². The van der Waals surface area contributed by atoms with E-state index in [2.05, 4.69) is 31.4 Å². The van der Waals surface area contributed by atoms with Crippen LogP contribution in [0, 0.1) is 11.3 Å². The highest BCUT2D eigenvalue weighted by Gasteiger charge is 2.34. The summed E-state index contributed by atoms with van der Waals surface area (Å²) in [5, 5.41) is 6.69. The average molecular weight is 266 g/mol. The maximum atomic E-state index is 12.2. The highest BCUT2D eigenvalue weighted by Crippen LogP contribution is 2.32. The number of fused-ring (bicyclic) bond motifs is 1. The zero-order chi connectivity index (χ0) is 13.9. The second kappa shape index (κ2) is 6.25. The van der Waals surface area contributed by atoms with Gasteiger partial charge in [-0.3, -0.25) is 4.79 Å². The van der Waals surface area contributed by atoms with Gasteiger partial charge in [0.15, 0.2) is 0 Å². The van der Waals surface area contributed by atoms with Crippen LogP contribution in [0.4, 0.5) is 0 Å². The molecule has 0 aromatic heterocycles. The van der Waals surface area contributed by atoms with Gasteiger partial charge in [-0.1, -0.05) is 33.6 Å². The van der Waals surface area contributed by atoms with Crippen molar-refractivity contribution >= 4 is 5.91 Å². The van der Waals surface area contributed by atoms with Crippen molar-refractivity contribution in [3.05, 3.63) is 0 Å². The molecule has 3 nitrogen and oxygen atoms in total. The summed E-state index contributed by atoms with van der Waals surface area (Å²) in [6, 6.07) is 0.653. The molecule has 19 heavy (non-hydrogen) atoms. The molecule has 2 aliphatic rings. The Morgan fingerprint density at radius 2 is 1.89 bits per heavy atom. The van der Waals surface area contributed by atoms with Gasteiger partial charge in [-0.2, -0.15) is 0 Å². The van der Waals surface area contributed by atoms with Gasteiger partial charge in [-0.15, -0.1) is 0 Å². The van der Waals surface area contributed by atoms with Gasteiger partial charge in [-0.25, -0.2) is 0 Å². The maximum absolute atomic E-state index is 12.2. The predicted molar refractivity (Wildman–Crippen MR) is 79.0 cm³/mol. The molecule has 0 spiro atoms. The number of hydrogen-bond donors (Lipinski definition) is 2. The van der Waals surface area contributed by atoms with E-state index in [-0.39, 0.29) is 11.9 Å². The third kappa shape index (κ3) is 4.48. The number of piperidine rings is 1. The maximum Gasteiger partial charge on any atom is 0.237 e. The summed E-state index contributed by atoms with van der Waals surface area (Å²) in [5.74, 6) is 1.04. The molecular formula is C16H30N2O. The van der Waals surface area contributed by atoms with Crippen LogP contribution in [0.5, 0.6) is 0 Å². The van der Waals surface area contributed by atoms with Gasteiger partial charge in [0.1, 0.15) is 0 Å². The molecule has 0 bridgehead atoms. The Morgan fingerprint density at radius 3 is 2.63 bits per heavy atom. The largest absolute Gasteiger partial charge is 0.355 e. The molecule has 3 atom stereocenters. The van der Waals surface area contributed by atoms with Crippen molar-refractivity contribution in [3.63, 3.8) is 0 Å². The first-order chi connectivity index (χ1) is 8.96. The van der Waals surface area contributed by atoms with Gasteiger partial charge in [0.2, 0.25) is 5.91 Å². The Balaban J connectivity index is 1.74. The normalized spacial score (nSPS) is 31.6. The Morgan fingerprint density at radius 1 is 1.16 bits per heavy atom. The SMILES string of the molecule is CC(C)(C)CCNC(=O)C1CCC2CCCCC2N1. The van der Waals surface area contributed by atoms with Gasteiger partial charge in [0.05, 0.1) is 6.04 Å². The molecule has 0 aromatic carbocycles. The van der Waals surface area contributed by atoms with E-state index in [0.29, 0.717) is 11.5 Å². The molecule has 1 aliphatic heterocycles. The Bertz CT molecular complexity index is 308. The van der Waals surface area contributed by atoms with Gasteiger partial charge in [0.25, 0.3) is 0 Å². The first-order valence-electron chi connectivity index (χ1n) is 7.99. The minimum absolute atomic E-state index is 0.0549. The molecule has 110 valence electrons. The average Bonchev–Trinajstić information content (AvgIpc) is 2.36. The minimum Gasteiger partial charge on any atom is -0.355 e. The molecule has 1 amide bonds. The zero-order valence-corrected chi connectivity index (χ0v) is 12.8. The molecule has 0 aromatic rings. The van der Waals surface area contributed by atoms with E-state index >= 15 is 0 Å². The monoisotopic (exact) mass is 266 g/mol. The first kappa shape index (κ1) is 14.8. The molecule has 1 saturated heterocycles. The topological polar surface area (TPSA) is 41.1 Å². The molecule has 0 radical (unpaired) electrons. The lowest BCUT2D eigenvalue weighted by molar-refractivity contribution is -0.124. The summed E-state index contributed by atoms with van der Waals surface area (Å²) in [6.07, 6.45) is 8.61. The molecular weight excluding hydrogens is 236 g/mol. The van der Waals surface area contributed by atoms with E-state index in [1.807, 2.05) is 0 Å². The van der Waals surface area contributed by atoms with Crippen molar-refractivity contribution in [2.45, 2.75) is 77.8 Å². The fourth-order valence-corrected chi connectivity index (χ4v) is 3.39. The quantitative estimate of drug-likeness (QED) is 0.824. The lowest BCUT2D eigenvalue weighted by Gasteiger charge is -2.40. The second-order valence-electron chi connectivity index (χ2n) is 7.55. The minimum atomic E-state index is 0.0549. The third-order valence-electron chi connectivity index (χ3n) is 4.64. The fraction of sp³-hybridized carbons (Fsp3) is 0.938. The number of carbonyl (C=O) groups excluding carboxylic acids is 1. The summed E-state index contributed by atoms with van der Waals surface area (Å²) < 4.78 is 0. The summed E-state index contributed by atoms with van der Waals surface area (Å²) in [5.41, 5.74) is 0.293. The standard InChI is InChI=1S/C16H30N2O/c1-16(2,3)10-11-17-15(19)14-9-8-12-6-4-5-7-13(12)18-14/h12-14,18H,4-11H2,1-3H3,(H,17,19). The van der Waals surface area contributed by atoms with E-state index in [1.165, 1.54) is 32.1 Å². The molecule has 1 saturated carbocycles. The van der Waals surface area contributed by atoms with Crippen LogP contribution in [0.2, 0.25) is 0 Å². The zero-order valence-electron chi connectivity index (χ0n) is 12.8. The van der Waals surface area contributed by atoms with Gasteiger partial charge < -0.3 is 10.6 Å². The number of carbonyl (C=O) groups is 1. The fourth-order valence-electron chi connectivity index (χ4n) is 3.39. The van der Waals surface area contributed by atoms with E-state index in [0.717, 1.165) is 25.3 Å². The lowest BCUT2D eigenvalue weighted by Crippen LogP contribution is -2.55. The van der Waals surface area contributed by atoms with Crippen LogP contribution in [0.15, 0.2) is 0 Å². The number of amides is 1. The van der Waals surface area contributed by atoms with Crippen LogP contribution in [0.25, 0.3) is 0 Å². The van der Waals surface area contributed by atoms with Gasteiger partial charge in [0, 0.05) is 12.6 Å². The van der Waals surface area contributed by atoms with Crippen LogP contribution in [0.3, 0.4) is 0 Å². The summed E-state index contributed by atoms with van der Waals surface area (Å²) >= 11 is 0. The summed E-state index contributed by atoms with van der Waals surface area (Å²) in [6.45, 7) is 7.44. The van der Waals surface area contributed by atoms with Gasteiger partial charge >= 0.3 is 0 Å². The van der Waals surface area contributed by atoms with Crippen LogP contribution >= 0.6 is 0 Å². The molecule has 1 aliphatic carbocycles. The third-order valence-corrected chi connectivity index (χ3v) is 4.64. The Kier molecular flexibility index (Phi) is 4.88. The van der Waals surface area contributed by atoms with Gasteiger partial charge in [-0.05, 0) is 43.4 Å². The highest BCUT2D eigenvalue weighted by molar-refractivity contribution is 5.81. The molecule has 2 rings (SSSR count). The van der Waals surface area contributed by atoms with Crippen molar-refractivity contribution < 1.29 is 4.79 Å². The van der Waals surface area contributed by atoms with Crippen molar-refractivity contribution in [3.8, 4) is 0 Å². The van der Waals surface area contributed by atoms with Crippen molar-refractivity contribution in [1.82, 2.24) is 10.6 Å². The summed E-state index contributed by atoms with van der Waals surface area (Å²) in [7, 11) is 0. The van der Waals surface area contributed by atoms with Crippen LogP contribution < -0.4 is 10.6 Å². The lowest BCUT2D eigenvalue weighted by atomic mass is 9.77. The van der Waals surface area contributed by atoms with E-state index in [1.54, 1.807) is 0 Å². The van der Waals surface area contributed by atoms with E-state index in [9.17, 15) is 4.79 Å². The van der Waals surface area contributed by atoms with Crippen molar-refractivity contribution in [2.75, 3.05) is 6.54 Å². The highest BCUT2D eigenvalue weighted by atomic mass is 16.2. The first-order valence-corrected chi connectivity index (χ1v) is 7.99. The van der Waals surface area contributed by atoms with Crippen molar-refractivity contribution in [2.24, 2.45) is 11.3 Å². The number of hydrogen-bond acceptors (Lipinski definition) is 2. The molecule has 3 heteroatoms. The second-order valence-corrected chi connectivity index (χ2v) is 7.55. The molecule has 2 fully saturated rings. The summed E-state index contributed by atoms with van der Waals surface area (Å²) in [4.78, 5) is 12.2. The van der Waals surface area contributed by atoms with Crippen LogP contribution in [0.1, 0.15) is 65.7 Å². The number of rotatable bonds is 3. The van der Waals surface area contributed by atoms with Crippen LogP contribution in [-0.2, 0) is 4.79 Å². The number of nitrogens with one attached hydrogen (secondary N) is 2. The molecule has 1 heterocycles. The Hall–Kier alpha value is -0.570. The molecule has 3 unspecified atom stereocenters.